The average Bonchev–Trinajstić information content (AvgIpc) is 3.36. The molecule has 1 aromatic carbocycles. The topological polar surface area (TPSA) is 71.0 Å². The van der Waals surface area contributed by atoms with E-state index in [0.717, 1.165) is 67.2 Å². The minimum atomic E-state index is 0. The fourth-order valence-electron chi connectivity index (χ4n) is 3.38. The van der Waals surface area contributed by atoms with Gasteiger partial charge in [0.2, 0.25) is 0 Å². The quantitative estimate of drug-likeness (QED) is 0.301. The molecular weight excluding hydrogens is 513 g/mol. The zero-order valence-corrected chi connectivity index (χ0v) is 21.3. The smallest absolute Gasteiger partial charge is 0.191 e. The van der Waals surface area contributed by atoms with Crippen LogP contribution in [0.15, 0.2) is 29.4 Å². The van der Waals surface area contributed by atoms with Crippen molar-refractivity contribution in [2.45, 2.75) is 32.7 Å². The number of aryl methyl sites for hydroxylation is 1. The molecule has 0 radical (unpaired) electrons. The van der Waals surface area contributed by atoms with E-state index < -0.39 is 0 Å². The number of ether oxygens (including phenoxy) is 2. The van der Waals surface area contributed by atoms with E-state index in [2.05, 4.69) is 46.5 Å². The second kappa shape index (κ2) is 12.2. The van der Waals surface area contributed by atoms with E-state index in [-0.39, 0.29) is 24.0 Å². The lowest BCUT2D eigenvalue weighted by molar-refractivity contribution is 0.394. The maximum absolute atomic E-state index is 5.41. The maximum Gasteiger partial charge on any atom is 0.191 e. The Bertz CT molecular complexity index is 807. The molecule has 2 N–H and O–H groups in total. The summed E-state index contributed by atoms with van der Waals surface area (Å²) in [6.07, 6.45) is 3.85. The summed E-state index contributed by atoms with van der Waals surface area (Å²) in [6, 6.07) is 6.35. The molecule has 166 valence electrons. The molecule has 1 aromatic heterocycles. The third-order valence-electron chi connectivity index (χ3n) is 4.84. The van der Waals surface area contributed by atoms with E-state index in [4.69, 9.17) is 14.5 Å². The van der Waals surface area contributed by atoms with Gasteiger partial charge in [0.15, 0.2) is 5.96 Å². The Labute approximate surface area is 200 Å². The second-order valence-electron chi connectivity index (χ2n) is 7.02. The second-order valence-corrected chi connectivity index (χ2v) is 8.34. The number of hydrogen-bond acceptors (Lipinski definition) is 6. The number of methoxy groups -OCH3 is 2. The van der Waals surface area contributed by atoms with Gasteiger partial charge in [-0.3, -0.25) is 4.99 Å². The van der Waals surface area contributed by atoms with Crippen LogP contribution in [0, 0.1) is 6.92 Å². The molecule has 7 nitrogen and oxygen atoms in total. The Morgan fingerprint density at radius 3 is 2.60 bits per heavy atom. The Morgan fingerprint density at radius 1 is 1.27 bits per heavy atom. The van der Waals surface area contributed by atoms with Gasteiger partial charge >= 0.3 is 0 Å². The van der Waals surface area contributed by atoms with Gasteiger partial charge in [0.05, 0.1) is 19.2 Å². The lowest BCUT2D eigenvalue weighted by Crippen LogP contribution is -2.44. The first-order valence-corrected chi connectivity index (χ1v) is 10.9. The summed E-state index contributed by atoms with van der Waals surface area (Å²) in [6.45, 7) is 7.63. The minimum absolute atomic E-state index is 0. The molecule has 30 heavy (non-hydrogen) atoms. The van der Waals surface area contributed by atoms with Crippen molar-refractivity contribution in [3.63, 3.8) is 0 Å². The third kappa shape index (κ3) is 6.90. The molecule has 0 aliphatic carbocycles. The molecule has 2 heterocycles. The lowest BCUT2D eigenvalue weighted by Gasteiger charge is -2.21. The summed E-state index contributed by atoms with van der Waals surface area (Å²) in [5.41, 5.74) is 1.12. The Hall–Kier alpha value is -1.75. The summed E-state index contributed by atoms with van der Waals surface area (Å²) in [5, 5.41) is 8.08. The number of nitrogens with one attached hydrogen (secondary N) is 2. The van der Waals surface area contributed by atoms with Crippen molar-refractivity contribution >= 4 is 47.0 Å². The molecule has 1 saturated heterocycles. The van der Waals surface area contributed by atoms with Crippen LogP contribution in [0.2, 0.25) is 0 Å². The average molecular weight is 545 g/mol. The molecule has 0 saturated carbocycles. The highest BCUT2D eigenvalue weighted by Crippen LogP contribution is 2.30. The van der Waals surface area contributed by atoms with Crippen LogP contribution in [0.1, 0.15) is 23.2 Å². The number of nitrogens with zero attached hydrogens (tertiary/aromatic N) is 3. The molecule has 3 rings (SSSR count). The predicted octanol–water partition coefficient (Wildman–Crippen LogP) is 3.46. The monoisotopic (exact) mass is 545 g/mol. The van der Waals surface area contributed by atoms with Crippen molar-refractivity contribution in [2.24, 2.45) is 4.99 Å². The molecule has 0 spiro atoms. The van der Waals surface area contributed by atoms with E-state index in [1.54, 1.807) is 25.6 Å². The summed E-state index contributed by atoms with van der Waals surface area (Å²) in [7, 11) is 3.36. The van der Waals surface area contributed by atoms with E-state index in [9.17, 15) is 0 Å². The van der Waals surface area contributed by atoms with Gasteiger partial charge in [-0.1, -0.05) is 0 Å². The molecule has 1 atom stereocenters. The number of aromatic nitrogens is 1. The highest BCUT2D eigenvalue weighted by molar-refractivity contribution is 14.0. The van der Waals surface area contributed by atoms with Gasteiger partial charge < -0.3 is 25.0 Å². The van der Waals surface area contributed by atoms with Gasteiger partial charge in [-0.2, -0.15) is 0 Å². The van der Waals surface area contributed by atoms with Gasteiger partial charge in [0.25, 0.3) is 0 Å². The highest BCUT2D eigenvalue weighted by atomic mass is 127. The van der Waals surface area contributed by atoms with Crippen molar-refractivity contribution in [1.82, 2.24) is 15.6 Å². The summed E-state index contributed by atoms with van der Waals surface area (Å²) in [4.78, 5) is 12.7. The van der Waals surface area contributed by atoms with Gasteiger partial charge in [-0.05, 0) is 20.3 Å². The number of aliphatic imine (C=N–C) groups is 1. The molecule has 0 amide bonds. The van der Waals surface area contributed by atoms with Gasteiger partial charge in [0, 0.05) is 73.6 Å². The number of halogens is 1. The maximum atomic E-state index is 5.41. The SMILES string of the molecule is CCNC(=NCCc1ncc(C)s1)NC1CCN(c2cc(OC)cc(OC)c2)C1.I. The largest absolute Gasteiger partial charge is 0.497 e. The van der Waals surface area contributed by atoms with Crippen LogP contribution in [-0.4, -0.2) is 57.4 Å². The fourth-order valence-corrected chi connectivity index (χ4v) is 4.16. The predicted molar refractivity (Wildman–Crippen MR) is 135 cm³/mol. The van der Waals surface area contributed by atoms with Crippen molar-refractivity contribution in [3.8, 4) is 11.5 Å². The van der Waals surface area contributed by atoms with Crippen LogP contribution in [0.25, 0.3) is 0 Å². The molecule has 1 unspecified atom stereocenters. The standard InChI is InChI=1S/C21H31N5O2S.HI/c1-5-22-21(23-8-6-20-24-13-15(2)29-20)25-16-7-9-26(14-16)17-10-18(27-3)12-19(11-17)28-4;/h10-13,16H,5-9,14H2,1-4H3,(H2,22,23,25);1H. The van der Waals surface area contributed by atoms with Crippen LogP contribution < -0.4 is 25.0 Å². The third-order valence-corrected chi connectivity index (χ3v) is 5.81. The molecule has 1 fully saturated rings. The molecular formula is C21H32IN5O2S. The van der Waals surface area contributed by atoms with Gasteiger partial charge in [-0.15, -0.1) is 35.3 Å². The molecule has 0 bridgehead atoms. The summed E-state index contributed by atoms with van der Waals surface area (Å²) >= 11 is 1.74. The summed E-state index contributed by atoms with van der Waals surface area (Å²) in [5.74, 6) is 2.49. The highest BCUT2D eigenvalue weighted by Gasteiger charge is 2.24. The van der Waals surface area contributed by atoms with Crippen molar-refractivity contribution in [2.75, 3.05) is 45.3 Å². The number of hydrogen-bond donors (Lipinski definition) is 2. The molecule has 2 aromatic rings. The molecule has 1 aliphatic heterocycles. The van der Waals surface area contributed by atoms with Gasteiger partial charge in [0.1, 0.15) is 11.5 Å². The van der Waals surface area contributed by atoms with Gasteiger partial charge in [-0.25, -0.2) is 4.98 Å². The van der Waals surface area contributed by atoms with Crippen molar-refractivity contribution in [3.05, 3.63) is 34.3 Å². The zero-order chi connectivity index (χ0) is 20.6. The Balaban J connectivity index is 0.00000320. The van der Waals surface area contributed by atoms with Crippen LogP contribution in [0.4, 0.5) is 5.69 Å². The number of anilines is 1. The van der Waals surface area contributed by atoms with Crippen LogP contribution in [0.5, 0.6) is 11.5 Å². The number of guanidine groups is 1. The van der Waals surface area contributed by atoms with E-state index in [1.165, 1.54) is 4.88 Å². The molecule has 1 aliphatic rings. The lowest BCUT2D eigenvalue weighted by atomic mass is 10.2. The Kier molecular flexibility index (Phi) is 9.96. The first-order valence-electron chi connectivity index (χ1n) is 10.1. The van der Waals surface area contributed by atoms with E-state index in [0.29, 0.717) is 6.04 Å². The zero-order valence-electron chi connectivity index (χ0n) is 18.1. The number of benzene rings is 1. The van der Waals surface area contributed by atoms with Crippen LogP contribution in [-0.2, 0) is 6.42 Å². The normalized spacial score (nSPS) is 16.2. The fraction of sp³-hybridized carbons (Fsp3) is 0.524. The van der Waals surface area contributed by atoms with Crippen LogP contribution >= 0.6 is 35.3 Å². The Morgan fingerprint density at radius 2 is 2.00 bits per heavy atom. The van der Waals surface area contributed by atoms with E-state index >= 15 is 0 Å². The summed E-state index contributed by atoms with van der Waals surface area (Å²) < 4.78 is 10.8. The van der Waals surface area contributed by atoms with Crippen molar-refractivity contribution < 1.29 is 9.47 Å². The first-order chi connectivity index (χ1) is 14.1. The minimum Gasteiger partial charge on any atom is -0.497 e. The molecule has 9 heteroatoms. The van der Waals surface area contributed by atoms with E-state index in [1.807, 2.05) is 12.3 Å². The number of rotatable bonds is 8. The number of thiazole rings is 1. The first kappa shape index (κ1) is 24.5. The van der Waals surface area contributed by atoms with Crippen molar-refractivity contribution in [1.29, 1.82) is 0 Å². The van der Waals surface area contributed by atoms with Crippen LogP contribution in [0.3, 0.4) is 0 Å².